The molecule has 0 radical (unpaired) electrons. The van der Waals surface area contributed by atoms with E-state index in [0.29, 0.717) is 17.7 Å². The SMILES string of the molecule is Cc1nc(NS(=O)(=O)c2cc(CN)n(C3CC3)c2)sc1C. The Hall–Kier alpha value is -1.38. The molecule has 0 bridgehead atoms. The zero-order valence-electron chi connectivity index (χ0n) is 12.0. The molecule has 2 aromatic heterocycles. The molecule has 1 fully saturated rings. The Morgan fingerprint density at radius 2 is 2.19 bits per heavy atom. The van der Waals surface area contributed by atoms with Crippen LogP contribution in [-0.4, -0.2) is 18.0 Å². The quantitative estimate of drug-likeness (QED) is 0.881. The summed E-state index contributed by atoms with van der Waals surface area (Å²) in [5.41, 5.74) is 7.40. The van der Waals surface area contributed by atoms with Crippen LogP contribution in [0.3, 0.4) is 0 Å². The molecule has 2 heterocycles. The Bertz CT molecular complexity index is 753. The van der Waals surface area contributed by atoms with Gasteiger partial charge in [0.15, 0.2) is 5.13 Å². The fourth-order valence-corrected chi connectivity index (χ4v) is 4.29. The second kappa shape index (κ2) is 5.11. The molecule has 0 amide bonds. The van der Waals surface area contributed by atoms with E-state index in [4.69, 9.17) is 5.73 Å². The van der Waals surface area contributed by atoms with Crippen molar-refractivity contribution in [2.24, 2.45) is 5.73 Å². The zero-order valence-corrected chi connectivity index (χ0v) is 13.6. The van der Waals surface area contributed by atoms with Crippen LogP contribution in [0.2, 0.25) is 0 Å². The van der Waals surface area contributed by atoms with Crippen molar-refractivity contribution in [2.75, 3.05) is 4.72 Å². The minimum atomic E-state index is -3.61. The molecule has 1 saturated carbocycles. The minimum Gasteiger partial charge on any atom is -0.346 e. The molecular weight excluding hydrogens is 308 g/mol. The minimum absolute atomic E-state index is 0.250. The van der Waals surface area contributed by atoms with Crippen molar-refractivity contribution < 1.29 is 8.42 Å². The van der Waals surface area contributed by atoms with Gasteiger partial charge in [-0.3, -0.25) is 4.72 Å². The molecule has 1 aliphatic carbocycles. The molecule has 0 saturated heterocycles. The van der Waals surface area contributed by atoms with Crippen molar-refractivity contribution in [1.29, 1.82) is 0 Å². The van der Waals surface area contributed by atoms with E-state index >= 15 is 0 Å². The van der Waals surface area contributed by atoms with Crippen molar-refractivity contribution in [3.05, 3.63) is 28.5 Å². The van der Waals surface area contributed by atoms with E-state index in [-0.39, 0.29) is 4.90 Å². The summed E-state index contributed by atoms with van der Waals surface area (Å²) in [5, 5.41) is 0.401. The van der Waals surface area contributed by atoms with Gasteiger partial charge in [-0.05, 0) is 32.8 Å². The van der Waals surface area contributed by atoms with E-state index in [0.717, 1.165) is 29.1 Å². The average Bonchev–Trinajstić information content (AvgIpc) is 3.08. The third-order valence-electron chi connectivity index (χ3n) is 3.62. The van der Waals surface area contributed by atoms with E-state index in [1.807, 2.05) is 18.4 Å². The lowest BCUT2D eigenvalue weighted by atomic mass is 10.4. The first-order valence-corrected chi connectivity index (χ1v) is 9.08. The van der Waals surface area contributed by atoms with E-state index in [1.165, 1.54) is 11.3 Å². The highest BCUT2D eigenvalue weighted by atomic mass is 32.2. The van der Waals surface area contributed by atoms with Crippen molar-refractivity contribution in [1.82, 2.24) is 9.55 Å². The molecule has 1 aliphatic rings. The summed E-state index contributed by atoms with van der Waals surface area (Å²) in [6.45, 7) is 4.11. The van der Waals surface area contributed by atoms with Crippen LogP contribution in [0.25, 0.3) is 0 Å². The third-order valence-corrected chi connectivity index (χ3v) is 6.04. The van der Waals surface area contributed by atoms with Crippen molar-refractivity contribution in [3.63, 3.8) is 0 Å². The van der Waals surface area contributed by atoms with E-state index in [1.54, 1.807) is 12.3 Å². The van der Waals surface area contributed by atoms with Crippen LogP contribution in [0.15, 0.2) is 17.2 Å². The number of aryl methyl sites for hydroxylation is 2. The fraction of sp³-hybridized carbons (Fsp3) is 0.462. The van der Waals surface area contributed by atoms with Gasteiger partial charge in [-0.15, -0.1) is 11.3 Å². The maximum absolute atomic E-state index is 12.4. The summed E-state index contributed by atoms with van der Waals surface area (Å²) in [4.78, 5) is 5.47. The first-order chi connectivity index (χ1) is 9.90. The fourth-order valence-electron chi connectivity index (χ4n) is 2.19. The van der Waals surface area contributed by atoms with Crippen LogP contribution in [0.5, 0.6) is 0 Å². The normalized spacial score (nSPS) is 15.4. The van der Waals surface area contributed by atoms with Crippen LogP contribution < -0.4 is 10.5 Å². The standard InChI is InChI=1S/C13H18N4O2S2/c1-8-9(2)20-13(15-8)16-21(18,19)12-5-11(6-14)17(7-12)10-3-4-10/h5,7,10H,3-4,6,14H2,1-2H3,(H,15,16). The molecule has 3 N–H and O–H groups in total. The number of nitrogens with two attached hydrogens (primary N) is 1. The van der Waals surface area contributed by atoms with Gasteiger partial charge in [0.2, 0.25) is 0 Å². The third kappa shape index (κ3) is 2.83. The lowest BCUT2D eigenvalue weighted by molar-refractivity contribution is 0.600. The van der Waals surface area contributed by atoms with Crippen LogP contribution in [0.1, 0.15) is 35.1 Å². The van der Waals surface area contributed by atoms with Crippen LogP contribution >= 0.6 is 11.3 Å². The van der Waals surface area contributed by atoms with Gasteiger partial charge < -0.3 is 10.3 Å². The lowest BCUT2D eigenvalue weighted by Crippen LogP contribution is -2.12. The van der Waals surface area contributed by atoms with E-state index in [9.17, 15) is 8.42 Å². The second-order valence-electron chi connectivity index (χ2n) is 5.28. The number of rotatable bonds is 5. The van der Waals surface area contributed by atoms with Gasteiger partial charge in [-0.25, -0.2) is 13.4 Å². The number of sulfonamides is 1. The molecule has 114 valence electrons. The number of hydrogen-bond acceptors (Lipinski definition) is 5. The van der Waals surface area contributed by atoms with Crippen molar-refractivity contribution in [2.45, 2.75) is 44.2 Å². The molecule has 0 aliphatic heterocycles. The Morgan fingerprint density at radius 3 is 2.71 bits per heavy atom. The number of thiazole rings is 1. The Balaban J connectivity index is 1.90. The summed E-state index contributed by atoms with van der Waals surface area (Å²) >= 11 is 1.34. The van der Waals surface area contributed by atoms with Gasteiger partial charge in [0.25, 0.3) is 10.0 Å². The summed E-state index contributed by atoms with van der Waals surface area (Å²) in [7, 11) is -3.61. The van der Waals surface area contributed by atoms with Crippen LogP contribution in [-0.2, 0) is 16.6 Å². The topological polar surface area (TPSA) is 90.0 Å². The highest BCUT2D eigenvalue weighted by Crippen LogP contribution is 2.37. The van der Waals surface area contributed by atoms with Gasteiger partial charge in [-0.1, -0.05) is 0 Å². The first kappa shape index (κ1) is 14.6. The molecular formula is C13H18N4O2S2. The predicted molar refractivity (Wildman–Crippen MR) is 83.0 cm³/mol. The van der Waals surface area contributed by atoms with Gasteiger partial charge in [0.1, 0.15) is 4.90 Å². The molecule has 0 aromatic carbocycles. The van der Waals surface area contributed by atoms with Gasteiger partial charge in [0, 0.05) is 29.4 Å². The Kier molecular flexibility index (Phi) is 3.54. The Labute approximate surface area is 128 Å². The smallest absolute Gasteiger partial charge is 0.265 e. The average molecular weight is 326 g/mol. The monoisotopic (exact) mass is 326 g/mol. The first-order valence-electron chi connectivity index (χ1n) is 6.78. The lowest BCUT2D eigenvalue weighted by Gasteiger charge is -2.04. The second-order valence-corrected chi connectivity index (χ2v) is 8.16. The molecule has 0 atom stereocenters. The number of nitrogens with one attached hydrogen (secondary N) is 1. The van der Waals surface area contributed by atoms with Crippen LogP contribution in [0.4, 0.5) is 5.13 Å². The molecule has 6 nitrogen and oxygen atoms in total. The summed E-state index contributed by atoms with van der Waals surface area (Å²) in [6, 6.07) is 2.05. The molecule has 0 unspecified atom stereocenters. The molecule has 0 spiro atoms. The summed E-state index contributed by atoms with van der Waals surface area (Å²) < 4.78 is 29.4. The largest absolute Gasteiger partial charge is 0.346 e. The zero-order chi connectivity index (χ0) is 15.2. The predicted octanol–water partition coefficient (Wildman–Crippen LogP) is 2.16. The number of nitrogens with zero attached hydrogens (tertiary/aromatic N) is 2. The number of aromatic nitrogens is 2. The maximum atomic E-state index is 12.4. The van der Waals surface area contributed by atoms with E-state index in [2.05, 4.69) is 9.71 Å². The molecule has 21 heavy (non-hydrogen) atoms. The van der Waals surface area contributed by atoms with Crippen LogP contribution in [0, 0.1) is 13.8 Å². The number of anilines is 1. The van der Waals surface area contributed by atoms with Gasteiger partial charge in [-0.2, -0.15) is 0 Å². The Morgan fingerprint density at radius 1 is 1.48 bits per heavy atom. The number of hydrogen-bond donors (Lipinski definition) is 2. The molecule has 3 rings (SSSR count). The van der Waals surface area contributed by atoms with Crippen molar-refractivity contribution in [3.8, 4) is 0 Å². The van der Waals surface area contributed by atoms with Gasteiger partial charge >= 0.3 is 0 Å². The molecule has 2 aromatic rings. The van der Waals surface area contributed by atoms with Gasteiger partial charge in [0.05, 0.1) is 5.69 Å². The van der Waals surface area contributed by atoms with Crippen molar-refractivity contribution >= 4 is 26.5 Å². The molecule has 8 heteroatoms. The summed E-state index contributed by atoms with van der Waals surface area (Å²) in [6.07, 6.45) is 3.84. The summed E-state index contributed by atoms with van der Waals surface area (Å²) in [5.74, 6) is 0. The maximum Gasteiger partial charge on any atom is 0.265 e. The highest BCUT2D eigenvalue weighted by Gasteiger charge is 2.28. The highest BCUT2D eigenvalue weighted by molar-refractivity contribution is 7.93. The van der Waals surface area contributed by atoms with E-state index < -0.39 is 10.0 Å².